The summed E-state index contributed by atoms with van der Waals surface area (Å²) in [6, 6.07) is 0.332. The molecular formula is C8H15N2O+. The van der Waals surface area contributed by atoms with Gasteiger partial charge in [-0.2, -0.15) is 5.01 Å². The van der Waals surface area contributed by atoms with Crippen LogP contribution in [-0.4, -0.2) is 37.5 Å². The van der Waals surface area contributed by atoms with Gasteiger partial charge in [-0.1, -0.05) is 0 Å². The van der Waals surface area contributed by atoms with Crippen LogP contribution < -0.4 is 5.01 Å². The first-order chi connectivity index (χ1) is 5.22. The number of nitrogens with zero attached hydrogens (tertiary/aromatic N) is 1. The molecule has 2 aliphatic rings. The third kappa shape index (κ3) is 0.993. The molecule has 3 heteroatoms. The topological polar surface area (TPSA) is 24.8 Å². The first-order valence-electron chi connectivity index (χ1n) is 4.28. The van der Waals surface area contributed by atoms with Gasteiger partial charge in [-0.3, -0.25) is 4.79 Å². The molecule has 1 aliphatic heterocycles. The average Bonchev–Trinajstić information content (AvgIpc) is 2.63. The van der Waals surface area contributed by atoms with Crippen molar-refractivity contribution in [2.45, 2.75) is 18.9 Å². The number of carbonyl (C=O) groups excluding carboxylic acids is 1. The van der Waals surface area contributed by atoms with E-state index < -0.39 is 0 Å². The van der Waals surface area contributed by atoms with Gasteiger partial charge in [0.2, 0.25) is 5.78 Å². The van der Waals surface area contributed by atoms with Crippen LogP contribution in [0, 0.1) is 5.92 Å². The van der Waals surface area contributed by atoms with Crippen LogP contribution in [0.4, 0.5) is 0 Å². The van der Waals surface area contributed by atoms with E-state index >= 15 is 0 Å². The first kappa shape index (κ1) is 7.25. The highest BCUT2D eigenvalue weighted by Gasteiger charge is 2.59. The number of rotatable bonds is 1. The Balaban J connectivity index is 2.06. The lowest BCUT2D eigenvalue weighted by Crippen LogP contribution is -3.19. The Bertz CT molecular complexity index is 191. The van der Waals surface area contributed by atoms with Crippen LogP contribution in [0.25, 0.3) is 0 Å². The SMILES string of the molecule is CN(C)[NH+]1CCCC2C(=O)C21. The summed E-state index contributed by atoms with van der Waals surface area (Å²) in [6.07, 6.45) is 2.35. The molecule has 0 aromatic heterocycles. The summed E-state index contributed by atoms with van der Waals surface area (Å²) in [5.74, 6) is 0.910. The van der Waals surface area contributed by atoms with Gasteiger partial charge in [0.25, 0.3) is 0 Å². The molecule has 62 valence electrons. The van der Waals surface area contributed by atoms with Gasteiger partial charge in [0.1, 0.15) is 0 Å². The predicted octanol–water partition coefficient (Wildman–Crippen LogP) is -1.29. The number of fused-ring (bicyclic) bond motifs is 1. The molecule has 0 aromatic rings. The third-order valence-corrected chi connectivity index (χ3v) is 2.85. The monoisotopic (exact) mass is 155 g/mol. The Labute approximate surface area is 66.9 Å². The Morgan fingerprint density at radius 1 is 1.55 bits per heavy atom. The van der Waals surface area contributed by atoms with E-state index in [1.165, 1.54) is 11.4 Å². The van der Waals surface area contributed by atoms with Crippen LogP contribution in [0.1, 0.15) is 12.8 Å². The van der Waals surface area contributed by atoms with E-state index in [0.717, 1.165) is 13.0 Å². The Hall–Kier alpha value is -0.410. The Morgan fingerprint density at radius 2 is 2.27 bits per heavy atom. The van der Waals surface area contributed by atoms with Gasteiger partial charge >= 0.3 is 0 Å². The molecule has 0 radical (unpaired) electrons. The maximum Gasteiger partial charge on any atom is 0.202 e. The molecule has 0 amide bonds. The number of piperidine rings is 1. The highest BCUT2D eigenvalue weighted by atomic mass is 16.1. The zero-order chi connectivity index (χ0) is 8.01. The van der Waals surface area contributed by atoms with Crippen LogP contribution >= 0.6 is 0 Å². The van der Waals surface area contributed by atoms with Crippen molar-refractivity contribution in [1.29, 1.82) is 0 Å². The van der Waals surface area contributed by atoms with Gasteiger partial charge < -0.3 is 0 Å². The minimum atomic E-state index is 0.332. The van der Waals surface area contributed by atoms with Crippen molar-refractivity contribution in [3.8, 4) is 0 Å². The first-order valence-corrected chi connectivity index (χ1v) is 4.28. The minimum absolute atomic E-state index is 0.332. The summed E-state index contributed by atoms with van der Waals surface area (Å²) in [6.45, 7) is 1.14. The van der Waals surface area contributed by atoms with Crippen LogP contribution in [0.3, 0.4) is 0 Å². The summed E-state index contributed by atoms with van der Waals surface area (Å²) in [5, 5.41) is 3.49. The van der Waals surface area contributed by atoms with E-state index in [2.05, 4.69) is 5.01 Å². The van der Waals surface area contributed by atoms with E-state index in [1.54, 1.807) is 0 Å². The Kier molecular flexibility index (Phi) is 1.51. The fraction of sp³-hybridized carbons (Fsp3) is 0.875. The number of hydrogen-bond donors (Lipinski definition) is 1. The molecule has 1 saturated carbocycles. The highest BCUT2D eigenvalue weighted by Crippen LogP contribution is 2.30. The van der Waals surface area contributed by atoms with Crippen molar-refractivity contribution < 1.29 is 9.80 Å². The van der Waals surface area contributed by atoms with Gasteiger partial charge in [0.05, 0.1) is 12.5 Å². The molecule has 1 heterocycles. The molecule has 0 aromatic carbocycles. The maximum absolute atomic E-state index is 11.2. The molecule has 3 unspecified atom stereocenters. The van der Waals surface area contributed by atoms with Crippen molar-refractivity contribution in [2.75, 3.05) is 20.6 Å². The van der Waals surface area contributed by atoms with Gasteiger partial charge in [0.15, 0.2) is 6.04 Å². The highest BCUT2D eigenvalue weighted by molar-refractivity contribution is 6.01. The maximum atomic E-state index is 11.2. The number of carbonyl (C=O) groups is 1. The third-order valence-electron chi connectivity index (χ3n) is 2.85. The molecule has 3 nitrogen and oxygen atoms in total. The van der Waals surface area contributed by atoms with Gasteiger partial charge in [0, 0.05) is 14.1 Å². The van der Waals surface area contributed by atoms with E-state index in [0.29, 0.717) is 17.7 Å². The molecule has 11 heavy (non-hydrogen) atoms. The zero-order valence-corrected chi connectivity index (χ0v) is 7.13. The molecule has 1 N–H and O–H groups in total. The van der Waals surface area contributed by atoms with Gasteiger partial charge in [-0.05, 0) is 12.8 Å². The van der Waals surface area contributed by atoms with Crippen molar-refractivity contribution >= 4 is 5.78 Å². The molecule has 0 spiro atoms. The lowest BCUT2D eigenvalue weighted by Gasteiger charge is -2.26. The fourth-order valence-electron chi connectivity index (χ4n) is 2.16. The second-order valence-corrected chi connectivity index (χ2v) is 3.76. The second-order valence-electron chi connectivity index (χ2n) is 3.76. The normalized spacial score (nSPS) is 42.5. The van der Waals surface area contributed by atoms with Crippen molar-refractivity contribution in [3.05, 3.63) is 0 Å². The van der Waals surface area contributed by atoms with Crippen molar-refractivity contribution in [1.82, 2.24) is 5.01 Å². The fourth-order valence-corrected chi connectivity index (χ4v) is 2.16. The standard InChI is InChI=1S/C8H14N2O/c1-9(2)10-5-3-4-6-7(10)8(6)11/h6-7H,3-5H2,1-2H3/p+1. The number of ketones is 1. The van der Waals surface area contributed by atoms with Crippen molar-refractivity contribution in [2.24, 2.45) is 5.92 Å². The molecular weight excluding hydrogens is 140 g/mol. The number of quaternary nitrogens is 1. The lowest BCUT2D eigenvalue weighted by atomic mass is 10.1. The predicted molar refractivity (Wildman–Crippen MR) is 41.0 cm³/mol. The van der Waals surface area contributed by atoms with E-state index in [9.17, 15) is 4.79 Å². The minimum Gasteiger partial charge on any atom is -0.292 e. The summed E-state index contributed by atoms with van der Waals surface area (Å²) in [4.78, 5) is 11.2. The average molecular weight is 155 g/mol. The van der Waals surface area contributed by atoms with Crippen LogP contribution in [0.15, 0.2) is 0 Å². The van der Waals surface area contributed by atoms with Crippen molar-refractivity contribution in [3.63, 3.8) is 0 Å². The molecule has 1 saturated heterocycles. The summed E-state index contributed by atoms with van der Waals surface area (Å²) in [7, 11) is 4.09. The number of Topliss-reactive ketones (excluding diaryl/α,β-unsaturated/α-hetero) is 1. The second kappa shape index (κ2) is 2.29. The summed E-state index contributed by atoms with van der Waals surface area (Å²) >= 11 is 0. The largest absolute Gasteiger partial charge is 0.292 e. The number of hydrogen-bond acceptors (Lipinski definition) is 2. The molecule has 3 atom stereocenters. The molecule has 0 bridgehead atoms. The molecule has 2 rings (SSSR count). The van der Waals surface area contributed by atoms with Gasteiger partial charge in [-0.15, -0.1) is 0 Å². The van der Waals surface area contributed by atoms with E-state index in [4.69, 9.17) is 0 Å². The van der Waals surface area contributed by atoms with Crippen LogP contribution in [0.5, 0.6) is 0 Å². The van der Waals surface area contributed by atoms with Crippen LogP contribution in [0.2, 0.25) is 0 Å². The van der Waals surface area contributed by atoms with E-state index in [-0.39, 0.29) is 0 Å². The molecule has 1 aliphatic carbocycles. The number of nitrogens with one attached hydrogen (secondary N) is 1. The summed E-state index contributed by atoms with van der Waals surface area (Å²) < 4.78 is 0. The van der Waals surface area contributed by atoms with E-state index in [1.807, 2.05) is 14.1 Å². The zero-order valence-electron chi connectivity index (χ0n) is 7.13. The quantitative estimate of drug-likeness (QED) is 0.509. The van der Waals surface area contributed by atoms with Gasteiger partial charge in [-0.25, -0.2) is 5.01 Å². The summed E-state index contributed by atoms with van der Waals surface area (Å²) in [5.41, 5.74) is 0. The smallest absolute Gasteiger partial charge is 0.202 e. The Morgan fingerprint density at radius 3 is 2.82 bits per heavy atom. The lowest BCUT2D eigenvalue weighted by molar-refractivity contribution is -1.02. The molecule has 2 fully saturated rings. The van der Waals surface area contributed by atoms with Crippen LogP contribution in [-0.2, 0) is 4.79 Å².